The molecule has 2 heterocycles. The fourth-order valence-corrected chi connectivity index (χ4v) is 3.83. The highest BCUT2D eigenvalue weighted by molar-refractivity contribution is 6.16. The third-order valence-corrected chi connectivity index (χ3v) is 5.39. The lowest BCUT2D eigenvalue weighted by molar-refractivity contribution is -0.148. The van der Waals surface area contributed by atoms with Gasteiger partial charge in [-0.05, 0) is 17.7 Å². The molecule has 1 N–H and O–H groups in total. The van der Waals surface area contributed by atoms with Crippen LogP contribution >= 0.6 is 0 Å². The Hall–Kier alpha value is -3.94. The minimum Gasteiger partial charge on any atom is -0.507 e. The highest BCUT2D eigenvalue weighted by atomic mass is 16.4. The Morgan fingerprint density at radius 3 is 2.07 bits per heavy atom. The molecule has 1 unspecified atom stereocenters. The van der Waals surface area contributed by atoms with Crippen molar-refractivity contribution in [3.05, 3.63) is 76.1 Å². The van der Waals surface area contributed by atoms with Crippen LogP contribution in [0.5, 0.6) is 5.75 Å². The average Bonchev–Trinajstić information content (AvgIpc) is 2.76. The highest BCUT2D eigenvalue weighted by Crippen LogP contribution is 2.40. The van der Waals surface area contributed by atoms with Gasteiger partial charge < -0.3 is 9.52 Å². The summed E-state index contributed by atoms with van der Waals surface area (Å²) in [4.78, 5) is 52.8. The number of aromatic hydroxyl groups is 1. The van der Waals surface area contributed by atoms with Gasteiger partial charge >= 0.3 is 11.7 Å². The second kappa shape index (κ2) is 7.14. The zero-order valence-electron chi connectivity index (χ0n) is 16.2. The van der Waals surface area contributed by atoms with Crippen LogP contribution in [-0.4, -0.2) is 46.8 Å². The van der Waals surface area contributed by atoms with Crippen LogP contribution in [0.1, 0.15) is 17.0 Å². The Kier molecular flexibility index (Phi) is 4.62. The van der Waals surface area contributed by atoms with E-state index in [1.165, 1.54) is 20.2 Å². The molecule has 30 heavy (non-hydrogen) atoms. The lowest BCUT2D eigenvalue weighted by Gasteiger charge is -2.36. The number of rotatable bonds is 3. The van der Waals surface area contributed by atoms with Crippen molar-refractivity contribution in [3.8, 4) is 5.75 Å². The van der Waals surface area contributed by atoms with E-state index in [4.69, 9.17) is 4.42 Å². The van der Waals surface area contributed by atoms with E-state index in [1.807, 2.05) is 0 Å². The van der Waals surface area contributed by atoms with E-state index in [0.717, 1.165) is 9.80 Å². The molecular weight excluding hydrogens is 388 g/mol. The van der Waals surface area contributed by atoms with Gasteiger partial charge in [-0.3, -0.25) is 19.4 Å². The number of amides is 4. The number of barbiturate groups is 1. The van der Waals surface area contributed by atoms with Crippen molar-refractivity contribution in [2.24, 2.45) is 5.92 Å². The molecule has 1 aromatic heterocycles. The summed E-state index contributed by atoms with van der Waals surface area (Å²) in [5.74, 6) is -4.45. The number of fused-ring (bicyclic) bond motifs is 1. The number of imide groups is 2. The Morgan fingerprint density at radius 1 is 0.867 bits per heavy atom. The van der Waals surface area contributed by atoms with E-state index in [2.05, 4.69) is 0 Å². The number of para-hydroxylation sites is 1. The largest absolute Gasteiger partial charge is 0.507 e. The summed E-state index contributed by atoms with van der Waals surface area (Å²) in [5.41, 5.74) is -0.426. The van der Waals surface area contributed by atoms with Crippen molar-refractivity contribution in [1.29, 1.82) is 0 Å². The summed E-state index contributed by atoms with van der Waals surface area (Å²) in [5, 5.41) is 11.3. The Morgan fingerprint density at radius 2 is 1.43 bits per heavy atom. The first-order chi connectivity index (χ1) is 14.3. The fraction of sp³-hybridized carbons (Fsp3) is 0.182. The molecule has 1 aliphatic heterocycles. The molecule has 0 spiro atoms. The molecule has 152 valence electrons. The molecule has 8 nitrogen and oxygen atoms in total. The molecule has 3 aromatic rings. The summed E-state index contributed by atoms with van der Waals surface area (Å²) >= 11 is 0. The normalized spacial score (nSPS) is 16.4. The molecule has 1 saturated heterocycles. The molecule has 1 atom stereocenters. The minimum absolute atomic E-state index is 0.182. The lowest BCUT2D eigenvalue weighted by atomic mass is 9.78. The highest BCUT2D eigenvalue weighted by Gasteiger charge is 2.49. The maximum absolute atomic E-state index is 13.0. The molecule has 0 aliphatic carbocycles. The topological polar surface area (TPSA) is 108 Å². The number of hydrogen-bond acceptors (Lipinski definition) is 6. The predicted molar refractivity (Wildman–Crippen MR) is 107 cm³/mol. The molecule has 1 fully saturated rings. The lowest BCUT2D eigenvalue weighted by Crippen LogP contribution is -2.58. The summed E-state index contributed by atoms with van der Waals surface area (Å²) in [6.07, 6.45) is 0. The van der Waals surface area contributed by atoms with Gasteiger partial charge in [-0.1, -0.05) is 42.5 Å². The van der Waals surface area contributed by atoms with Crippen molar-refractivity contribution >= 4 is 28.8 Å². The van der Waals surface area contributed by atoms with Gasteiger partial charge in [-0.15, -0.1) is 0 Å². The number of benzene rings is 2. The minimum atomic E-state index is -1.42. The zero-order valence-corrected chi connectivity index (χ0v) is 16.2. The molecule has 2 aromatic carbocycles. The molecular formula is C22H18N2O6. The van der Waals surface area contributed by atoms with Gasteiger partial charge in [0.05, 0.1) is 10.9 Å². The SMILES string of the molecule is CN1C(=O)C(C(c2ccccc2)c2c(O)c3ccccc3oc2=O)C(=O)N(C)C1=O. The first-order valence-electron chi connectivity index (χ1n) is 9.21. The third-order valence-electron chi connectivity index (χ3n) is 5.39. The van der Waals surface area contributed by atoms with Gasteiger partial charge in [0, 0.05) is 20.0 Å². The van der Waals surface area contributed by atoms with Gasteiger partial charge in [0.2, 0.25) is 11.8 Å². The van der Waals surface area contributed by atoms with E-state index in [9.17, 15) is 24.3 Å². The quantitative estimate of drug-likeness (QED) is 0.528. The first-order valence-corrected chi connectivity index (χ1v) is 9.21. The molecule has 0 radical (unpaired) electrons. The van der Waals surface area contributed by atoms with Gasteiger partial charge in [0.25, 0.3) is 0 Å². The van der Waals surface area contributed by atoms with Crippen LogP contribution in [0.15, 0.2) is 63.8 Å². The van der Waals surface area contributed by atoms with Crippen molar-refractivity contribution in [2.45, 2.75) is 5.92 Å². The van der Waals surface area contributed by atoms with E-state index < -0.39 is 35.3 Å². The Labute approximate surface area is 170 Å². The van der Waals surface area contributed by atoms with Crippen molar-refractivity contribution < 1.29 is 23.9 Å². The molecule has 4 amide bonds. The summed E-state index contributed by atoms with van der Waals surface area (Å²) in [6, 6.07) is 14.1. The average molecular weight is 406 g/mol. The molecule has 0 bridgehead atoms. The maximum Gasteiger partial charge on any atom is 0.343 e. The smallest absolute Gasteiger partial charge is 0.343 e. The number of urea groups is 1. The monoisotopic (exact) mass is 406 g/mol. The third kappa shape index (κ3) is 2.85. The van der Waals surface area contributed by atoms with E-state index in [-0.39, 0.29) is 22.3 Å². The van der Waals surface area contributed by atoms with Crippen LogP contribution in [0.4, 0.5) is 4.79 Å². The second-order valence-electron chi connectivity index (χ2n) is 7.09. The van der Waals surface area contributed by atoms with Crippen LogP contribution in [0.25, 0.3) is 11.0 Å². The van der Waals surface area contributed by atoms with Gasteiger partial charge in [-0.25, -0.2) is 9.59 Å². The maximum atomic E-state index is 13.0. The molecule has 8 heteroatoms. The van der Waals surface area contributed by atoms with Crippen molar-refractivity contribution in [2.75, 3.05) is 14.1 Å². The van der Waals surface area contributed by atoms with Crippen molar-refractivity contribution in [1.82, 2.24) is 9.80 Å². The number of carbonyl (C=O) groups is 3. The number of nitrogens with zero attached hydrogens (tertiary/aromatic N) is 2. The van der Waals surface area contributed by atoms with Crippen molar-refractivity contribution in [3.63, 3.8) is 0 Å². The first kappa shape index (κ1) is 19.4. The van der Waals surface area contributed by atoms with Gasteiger partial charge in [-0.2, -0.15) is 0 Å². The Balaban J connectivity index is 2.01. The van der Waals surface area contributed by atoms with Gasteiger partial charge in [0.1, 0.15) is 17.3 Å². The van der Waals surface area contributed by atoms with Crippen LogP contribution in [0, 0.1) is 5.92 Å². The van der Waals surface area contributed by atoms with Crippen LogP contribution in [0.2, 0.25) is 0 Å². The summed E-state index contributed by atoms with van der Waals surface area (Å²) in [6.45, 7) is 0. The second-order valence-corrected chi connectivity index (χ2v) is 7.09. The summed E-state index contributed by atoms with van der Waals surface area (Å²) < 4.78 is 5.38. The van der Waals surface area contributed by atoms with E-state index in [0.29, 0.717) is 5.56 Å². The van der Waals surface area contributed by atoms with E-state index in [1.54, 1.807) is 48.5 Å². The predicted octanol–water partition coefficient (Wildman–Crippen LogP) is 2.30. The Bertz CT molecular complexity index is 1210. The standard InChI is InChI=1S/C22H18N2O6/c1-23-19(26)17(20(27)24(2)22(23)29)15(12-8-4-3-5-9-12)16-18(25)13-10-6-7-11-14(13)30-21(16)28/h3-11,15,17,25H,1-2H3. The van der Waals surface area contributed by atoms with Crippen LogP contribution in [-0.2, 0) is 9.59 Å². The van der Waals surface area contributed by atoms with E-state index >= 15 is 0 Å². The molecule has 1 aliphatic rings. The molecule has 4 rings (SSSR count). The van der Waals surface area contributed by atoms with Crippen LogP contribution in [0.3, 0.4) is 0 Å². The number of carbonyl (C=O) groups excluding carboxylic acids is 3. The summed E-state index contributed by atoms with van der Waals surface area (Å²) in [7, 11) is 2.54. The number of hydrogen-bond donors (Lipinski definition) is 1. The molecule has 0 saturated carbocycles. The van der Waals surface area contributed by atoms with Gasteiger partial charge in [0.15, 0.2) is 0 Å². The zero-order chi connectivity index (χ0) is 21.6. The fourth-order valence-electron chi connectivity index (χ4n) is 3.83. The van der Waals surface area contributed by atoms with Crippen LogP contribution < -0.4 is 5.63 Å².